The van der Waals surface area contributed by atoms with Gasteiger partial charge < -0.3 is 15.9 Å². The third kappa shape index (κ3) is 6.11. The molecule has 0 unspecified atom stereocenters. The lowest BCUT2D eigenvalue weighted by atomic mass is 9.57. The van der Waals surface area contributed by atoms with Crippen molar-refractivity contribution in [3.8, 4) is 0 Å². The van der Waals surface area contributed by atoms with Gasteiger partial charge in [-0.15, -0.1) is 0 Å². The smallest absolute Gasteiger partial charge is 0.331 e. The van der Waals surface area contributed by atoms with Gasteiger partial charge in [-0.25, -0.2) is 9.59 Å². The van der Waals surface area contributed by atoms with Crippen molar-refractivity contribution in [2.45, 2.75) is 96.9 Å². The number of nitrogens with two attached hydrogens (primary N) is 1. The Bertz CT molecular complexity index is 498. The van der Waals surface area contributed by atoms with Crippen molar-refractivity contribution in [2.75, 3.05) is 0 Å². The molecule has 2 saturated carbocycles. The highest BCUT2D eigenvalue weighted by Gasteiger charge is 2.46. The summed E-state index contributed by atoms with van der Waals surface area (Å²) in [5.74, 6) is -1.52. The fourth-order valence-corrected chi connectivity index (χ4v) is 4.52. The molecule has 0 spiro atoms. The lowest BCUT2D eigenvalue weighted by Crippen LogP contribution is -2.57. The van der Waals surface area contributed by atoms with E-state index in [4.69, 9.17) is 15.9 Å². The van der Waals surface area contributed by atoms with E-state index in [9.17, 15) is 9.59 Å². The van der Waals surface area contributed by atoms with Crippen LogP contribution in [-0.4, -0.2) is 27.7 Å². The van der Waals surface area contributed by atoms with Gasteiger partial charge in [0.05, 0.1) is 0 Å². The molecule has 2 fully saturated rings. The van der Waals surface area contributed by atoms with Crippen molar-refractivity contribution in [3.05, 3.63) is 11.6 Å². The van der Waals surface area contributed by atoms with Gasteiger partial charge in [0.2, 0.25) is 0 Å². The second-order valence-corrected chi connectivity index (χ2v) is 8.44. The van der Waals surface area contributed by atoms with Crippen LogP contribution in [0.5, 0.6) is 0 Å². The first kappa shape index (κ1) is 22.7. The quantitative estimate of drug-likeness (QED) is 0.609. The van der Waals surface area contributed by atoms with E-state index in [0.29, 0.717) is 11.5 Å². The van der Waals surface area contributed by atoms with Gasteiger partial charge in [0.1, 0.15) is 0 Å². The summed E-state index contributed by atoms with van der Waals surface area (Å²) >= 11 is 0. The first-order valence-corrected chi connectivity index (χ1v) is 10.1. The van der Waals surface area contributed by atoms with Crippen molar-refractivity contribution in [1.82, 2.24) is 0 Å². The molecule has 26 heavy (non-hydrogen) atoms. The van der Waals surface area contributed by atoms with E-state index in [1.165, 1.54) is 64.2 Å². The van der Waals surface area contributed by atoms with Crippen LogP contribution in [0.4, 0.5) is 0 Å². The number of hydrogen-bond donors (Lipinski definition) is 3. The van der Waals surface area contributed by atoms with Crippen LogP contribution in [-0.2, 0) is 9.59 Å². The summed E-state index contributed by atoms with van der Waals surface area (Å²) in [7, 11) is 0. The zero-order valence-corrected chi connectivity index (χ0v) is 16.7. The summed E-state index contributed by atoms with van der Waals surface area (Å²) in [6.07, 6.45) is 14.7. The average Bonchev–Trinajstić information content (AvgIpc) is 2.61. The Morgan fingerprint density at radius 1 is 1.04 bits per heavy atom. The molecule has 4 N–H and O–H groups in total. The summed E-state index contributed by atoms with van der Waals surface area (Å²) in [5.41, 5.74) is 7.16. The molecule has 0 aromatic rings. The molecule has 2 aliphatic rings. The van der Waals surface area contributed by atoms with E-state index in [1.54, 1.807) is 6.92 Å². The minimum atomic E-state index is -1.22. The first-order chi connectivity index (χ1) is 12.1. The molecule has 0 heterocycles. The van der Waals surface area contributed by atoms with Crippen molar-refractivity contribution in [3.63, 3.8) is 0 Å². The summed E-state index contributed by atoms with van der Waals surface area (Å²) in [5, 5.41) is 16.4. The van der Waals surface area contributed by atoms with E-state index in [1.807, 2.05) is 0 Å². The molecule has 0 saturated heterocycles. The van der Waals surface area contributed by atoms with Gasteiger partial charge in [-0.3, -0.25) is 0 Å². The maximum atomic E-state index is 10.1. The number of hydrogen-bond acceptors (Lipinski definition) is 3. The first-order valence-electron chi connectivity index (χ1n) is 10.1. The molecular formula is C21H37NO4. The fourth-order valence-electron chi connectivity index (χ4n) is 4.52. The highest BCUT2D eigenvalue weighted by atomic mass is 16.4. The Hall–Kier alpha value is -1.36. The molecule has 5 nitrogen and oxygen atoms in total. The fraction of sp³-hybridized carbons (Fsp3) is 0.810. The molecule has 0 radical (unpaired) electrons. The lowest BCUT2D eigenvalue weighted by Gasteiger charge is -2.52. The van der Waals surface area contributed by atoms with E-state index in [-0.39, 0.29) is 17.5 Å². The molecule has 0 atom stereocenters. The highest BCUT2D eigenvalue weighted by Crippen LogP contribution is 2.49. The van der Waals surface area contributed by atoms with E-state index >= 15 is 0 Å². The summed E-state index contributed by atoms with van der Waals surface area (Å²) < 4.78 is 0. The van der Waals surface area contributed by atoms with Crippen molar-refractivity contribution in [1.29, 1.82) is 0 Å². The lowest BCUT2D eigenvalue weighted by molar-refractivity contribution is -0.135. The maximum Gasteiger partial charge on any atom is 0.331 e. The molecule has 5 heteroatoms. The Kier molecular flexibility index (Phi) is 8.81. The van der Waals surface area contributed by atoms with Crippen molar-refractivity contribution < 1.29 is 19.8 Å². The summed E-state index contributed by atoms with van der Waals surface area (Å²) in [6.45, 7) is 6.49. The molecule has 2 aliphatic carbocycles. The van der Waals surface area contributed by atoms with Gasteiger partial charge in [0.25, 0.3) is 0 Å². The van der Waals surface area contributed by atoms with E-state index < -0.39 is 11.9 Å². The normalized spacial score (nSPS) is 21.5. The largest absolute Gasteiger partial charge is 0.478 e. The third-order valence-corrected chi connectivity index (χ3v) is 6.61. The van der Waals surface area contributed by atoms with Crippen LogP contribution in [0.15, 0.2) is 11.6 Å². The van der Waals surface area contributed by atoms with Crippen LogP contribution in [0.2, 0.25) is 0 Å². The van der Waals surface area contributed by atoms with Crippen LogP contribution in [0.1, 0.15) is 91.4 Å². The monoisotopic (exact) mass is 367 g/mol. The van der Waals surface area contributed by atoms with Crippen LogP contribution in [0.25, 0.3) is 0 Å². The average molecular weight is 368 g/mol. The number of aliphatic carboxylic acids is 2. The molecule has 0 bridgehead atoms. The number of carboxylic acid groups (broad SMARTS) is 2. The molecule has 0 aromatic carbocycles. The summed E-state index contributed by atoms with van der Waals surface area (Å²) in [4.78, 5) is 20.1. The predicted octanol–water partition coefficient (Wildman–Crippen LogP) is 4.75. The van der Waals surface area contributed by atoms with E-state index in [0.717, 1.165) is 5.92 Å². The topological polar surface area (TPSA) is 101 Å². The Morgan fingerprint density at radius 2 is 1.54 bits per heavy atom. The molecule has 150 valence electrons. The van der Waals surface area contributed by atoms with Crippen molar-refractivity contribution in [2.24, 2.45) is 17.1 Å². The molecular weight excluding hydrogens is 330 g/mol. The minimum absolute atomic E-state index is 0.0903. The minimum Gasteiger partial charge on any atom is -0.478 e. The Balaban J connectivity index is 0.000000294. The Morgan fingerprint density at radius 3 is 1.92 bits per heavy atom. The number of carboxylic acids is 2. The van der Waals surface area contributed by atoms with Gasteiger partial charge in [-0.1, -0.05) is 59.3 Å². The second kappa shape index (κ2) is 10.1. The zero-order chi connectivity index (χ0) is 19.8. The highest BCUT2D eigenvalue weighted by molar-refractivity contribution is 5.94. The number of carbonyl (C=O) groups is 2. The van der Waals surface area contributed by atoms with Gasteiger partial charge >= 0.3 is 11.9 Å². The molecule has 2 rings (SSSR count). The standard InChI is InChI=1S/C15H29N.C6H8O4/c1-14(2,13-9-5-3-6-10-13)15(16)11-7-4-8-12-15;1-2-4(6(9)10)3-5(7)8/h13H,3-12,16H2,1-2H3;3H,2H2,1H3,(H,7,8)(H,9,10)/b;4-3-. The van der Waals surface area contributed by atoms with Crippen molar-refractivity contribution >= 4 is 11.9 Å². The van der Waals surface area contributed by atoms with Gasteiger partial charge in [0.15, 0.2) is 0 Å². The molecule has 0 amide bonds. The van der Waals surface area contributed by atoms with Crippen LogP contribution < -0.4 is 5.73 Å². The second-order valence-electron chi connectivity index (χ2n) is 8.44. The van der Waals surface area contributed by atoms with Gasteiger partial charge in [0, 0.05) is 17.2 Å². The van der Waals surface area contributed by atoms with Crippen LogP contribution >= 0.6 is 0 Å². The van der Waals surface area contributed by atoms with Crippen LogP contribution in [0.3, 0.4) is 0 Å². The predicted molar refractivity (Wildman–Crippen MR) is 104 cm³/mol. The summed E-state index contributed by atoms with van der Waals surface area (Å²) in [6, 6.07) is 0. The zero-order valence-electron chi connectivity index (χ0n) is 16.7. The molecule has 0 aromatic heterocycles. The number of rotatable bonds is 5. The Labute approximate surface area is 158 Å². The van der Waals surface area contributed by atoms with Gasteiger partial charge in [-0.2, -0.15) is 0 Å². The third-order valence-electron chi connectivity index (χ3n) is 6.61. The molecule has 0 aliphatic heterocycles. The van der Waals surface area contributed by atoms with E-state index in [2.05, 4.69) is 13.8 Å². The SMILES string of the molecule is CC(C)(C1CCCCC1)C1(N)CCCCC1.CC/C(=C/C(=O)O)C(=O)O. The van der Waals surface area contributed by atoms with Gasteiger partial charge in [-0.05, 0) is 43.4 Å². The van der Waals surface area contributed by atoms with Crippen LogP contribution in [0, 0.1) is 11.3 Å². The maximum absolute atomic E-state index is 10.1.